The minimum absolute atomic E-state index is 0.359. The van der Waals surface area contributed by atoms with Crippen LogP contribution in [0.25, 0.3) is 0 Å². The Kier molecular flexibility index (Phi) is 2.93. The van der Waals surface area contributed by atoms with E-state index in [0.29, 0.717) is 5.15 Å². The van der Waals surface area contributed by atoms with E-state index in [4.69, 9.17) is 11.6 Å². The molecule has 0 bridgehead atoms. The number of hydrogen-bond donors (Lipinski definition) is 0. The zero-order chi connectivity index (χ0) is 11.5. The second-order valence-corrected chi connectivity index (χ2v) is 3.85. The van der Waals surface area contributed by atoms with Crippen LogP contribution in [0.3, 0.4) is 0 Å². The SMILES string of the molecule is Cn1ncc(C(C#N)c2ccccc2)c1Cl. The maximum absolute atomic E-state index is 9.22. The first-order valence-corrected chi connectivity index (χ1v) is 5.23. The first-order valence-electron chi connectivity index (χ1n) is 4.86. The summed E-state index contributed by atoms with van der Waals surface area (Å²) in [6.45, 7) is 0. The van der Waals surface area contributed by atoms with Crippen LogP contribution in [0.15, 0.2) is 36.5 Å². The van der Waals surface area contributed by atoms with E-state index < -0.39 is 0 Å². The van der Waals surface area contributed by atoms with Crippen molar-refractivity contribution < 1.29 is 0 Å². The van der Waals surface area contributed by atoms with Crippen LogP contribution in [0.4, 0.5) is 0 Å². The van der Waals surface area contributed by atoms with E-state index in [1.807, 2.05) is 30.3 Å². The predicted molar refractivity (Wildman–Crippen MR) is 62.1 cm³/mol. The van der Waals surface area contributed by atoms with Crippen LogP contribution in [-0.2, 0) is 7.05 Å². The van der Waals surface area contributed by atoms with Crippen molar-refractivity contribution in [2.75, 3.05) is 0 Å². The number of hydrogen-bond acceptors (Lipinski definition) is 2. The molecule has 1 unspecified atom stereocenters. The van der Waals surface area contributed by atoms with E-state index >= 15 is 0 Å². The molecule has 3 nitrogen and oxygen atoms in total. The molecule has 1 heterocycles. The Bertz CT molecular complexity index is 525. The summed E-state index contributed by atoms with van der Waals surface area (Å²) in [4.78, 5) is 0. The molecule has 0 saturated carbocycles. The Hall–Kier alpha value is -1.79. The molecule has 4 heteroatoms. The summed E-state index contributed by atoms with van der Waals surface area (Å²) in [7, 11) is 1.76. The Morgan fingerprint density at radius 1 is 1.38 bits per heavy atom. The van der Waals surface area contributed by atoms with Crippen molar-refractivity contribution >= 4 is 11.6 Å². The van der Waals surface area contributed by atoms with Gasteiger partial charge in [0.25, 0.3) is 0 Å². The summed E-state index contributed by atoms with van der Waals surface area (Å²) < 4.78 is 1.56. The molecule has 16 heavy (non-hydrogen) atoms. The first kappa shape index (κ1) is 10.7. The summed E-state index contributed by atoms with van der Waals surface area (Å²) in [6.07, 6.45) is 1.64. The van der Waals surface area contributed by atoms with E-state index in [1.54, 1.807) is 17.9 Å². The highest BCUT2D eigenvalue weighted by molar-refractivity contribution is 6.30. The molecule has 2 rings (SSSR count). The number of halogens is 1. The van der Waals surface area contributed by atoms with Crippen molar-refractivity contribution in [1.82, 2.24) is 9.78 Å². The highest BCUT2D eigenvalue weighted by atomic mass is 35.5. The van der Waals surface area contributed by atoms with E-state index in [2.05, 4.69) is 11.2 Å². The summed E-state index contributed by atoms with van der Waals surface area (Å²) in [6, 6.07) is 11.8. The van der Waals surface area contributed by atoms with Gasteiger partial charge in [-0.3, -0.25) is 4.68 Å². The molecule has 0 N–H and O–H groups in total. The largest absolute Gasteiger partial charge is 0.257 e. The molecule has 0 aliphatic carbocycles. The molecule has 0 fully saturated rings. The van der Waals surface area contributed by atoms with Crippen LogP contribution in [0.1, 0.15) is 17.0 Å². The smallest absolute Gasteiger partial charge is 0.131 e. The van der Waals surface area contributed by atoms with Crippen molar-refractivity contribution in [1.29, 1.82) is 5.26 Å². The van der Waals surface area contributed by atoms with Gasteiger partial charge in [-0.1, -0.05) is 41.9 Å². The second-order valence-electron chi connectivity index (χ2n) is 3.49. The van der Waals surface area contributed by atoms with Crippen molar-refractivity contribution in [3.8, 4) is 6.07 Å². The molecule has 0 saturated heterocycles. The van der Waals surface area contributed by atoms with Gasteiger partial charge in [0.2, 0.25) is 0 Å². The van der Waals surface area contributed by atoms with Crippen molar-refractivity contribution in [3.63, 3.8) is 0 Å². The first-order chi connectivity index (χ1) is 7.74. The number of aryl methyl sites for hydroxylation is 1. The Balaban J connectivity index is 2.46. The lowest BCUT2D eigenvalue weighted by Crippen LogP contribution is -1.98. The molecule has 1 atom stereocenters. The molecule has 0 amide bonds. The molecule has 80 valence electrons. The lowest BCUT2D eigenvalue weighted by Gasteiger charge is -2.07. The third-order valence-electron chi connectivity index (χ3n) is 2.47. The fourth-order valence-electron chi connectivity index (χ4n) is 1.60. The average molecular weight is 232 g/mol. The standard InChI is InChI=1S/C12H10ClN3/c1-16-12(13)11(8-15-16)10(7-14)9-5-3-2-4-6-9/h2-6,8,10H,1H3. The number of rotatable bonds is 2. The minimum atomic E-state index is -0.359. The predicted octanol–water partition coefficient (Wildman–Crippen LogP) is 2.73. The van der Waals surface area contributed by atoms with Crippen LogP contribution in [0.2, 0.25) is 5.15 Å². The fourth-order valence-corrected chi connectivity index (χ4v) is 1.80. The van der Waals surface area contributed by atoms with Crippen molar-refractivity contribution in [2.45, 2.75) is 5.92 Å². The molecule has 0 aliphatic heterocycles. The van der Waals surface area contributed by atoms with Crippen molar-refractivity contribution in [2.24, 2.45) is 7.05 Å². The van der Waals surface area contributed by atoms with Crippen LogP contribution in [0, 0.1) is 11.3 Å². The number of aromatic nitrogens is 2. The third-order valence-corrected chi connectivity index (χ3v) is 2.93. The zero-order valence-electron chi connectivity index (χ0n) is 8.76. The van der Waals surface area contributed by atoms with Crippen molar-refractivity contribution in [3.05, 3.63) is 52.8 Å². The third kappa shape index (κ3) is 1.80. The summed E-state index contributed by atoms with van der Waals surface area (Å²) in [5.41, 5.74) is 1.68. The molecule has 0 aliphatic rings. The zero-order valence-corrected chi connectivity index (χ0v) is 9.52. The topological polar surface area (TPSA) is 41.6 Å². The Morgan fingerprint density at radius 2 is 2.06 bits per heavy atom. The van der Waals surface area contributed by atoms with Gasteiger partial charge in [-0.15, -0.1) is 0 Å². The number of nitriles is 1. The van der Waals surface area contributed by atoms with Gasteiger partial charge >= 0.3 is 0 Å². The van der Waals surface area contributed by atoms with Crippen LogP contribution >= 0.6 is 11.6 Å². The maximum atomic E-state index is 9.22. The quantitative estimate of drug-likeness (QED) is 0.798. The normalized spacial score (nSPS) is 12.1. The molecule has 1 aromatic heterocycles. The van der Waals surface area contributed by atoms with E-state index in [-0.39, 0.29) is 5.92 Å². The van der Waals surface area contributed by atoms with Gasteiger partial charge in [-0.2, -0.15) is 10.4 Å². The summed E-state index contributed by atoms with van der Waals surface area (Å²) in [5.74, 6) is -0.359. The summed E-state index contributed by atoms with van der Waals surface area (Å²) >= 11 is 6.08. The Labute approximate surface area is 98.9 Å². The maximum Gasteiger partial charge on any atom is 0.131 e. The molecule has 1 aromatic carbocycles. The number of benzene rings is 1. The highest BCUT2D eigenvalue weighted by Gasteiger charge is 2.18. The number of nitrogens with zero attached hydrogens (tertiary/aromatic N) is 3. The molecular formula is C12H10ClN3. The monoisotopic (exact) mass is 231 g/mol. The molecule has 0 radical (unpaired) electrons. The lowest BCUT2D eigenvalue weighted by atomic mass is 9.95. The fraction of sp³-hybridized carbons (Fsp3) is 0.167. The van der Waals surface area contributed by atoms with E-state index in [9.17, 15) is 5.26 Å². The van der Waals surface area contributed by atoms with Crippen LogP contribution < -0.4 is 0 Å². The Morgan fingerprint density at radius 3 is 2.56 bits per heavy atom. The van der Waals surface area contributed by atoms with Gasteiger partial charge in [0, 0.05) is 12.6 Å². The van der Waals surface area contributed by atoms with Crippen LogP contribution in [0.5, 0.6) is 0 Å². The van der Waals surface area contributed by atoms with Gasteiger partial charge < -0.3 is 0 Å². The molecule has 2 aromatic rings. The van der Waals surface area contributed by atoms with Gasteiger partial charge in [-0.05, 0) is 5.56 Å². The van der Waals surface area contributed by atoms with E-state index in [0.717, 1.165) is 11.1 Å². The average Bonchev–Trinajstić information content (AvgIpc) is 2.64. The van der Waals surface area contributed by atoms with E-state index in [1.165, 1.54) is 0 Å². The molecular weight excluding hydrogens is 222 g/mol. The summed E-state index contributed by atoms with van der Waals surface area (Å²) in [5, 5.41) is 13.8. The van der Waals surface area contributed by atoms with Gasteiger partial charge in [0.05, 0.1) is 12.3 Å². The van der Waals surface area contributed by atoms with Gasteiger partial charge in [0.1, 0.15) is 11.1 Å². The highest BCUT2D eigenvalue weighted by Crippen LogP contribution is 2.28. The minimum Gasteiger partial charge on any atom is -0.257 e. The van der Waals surface area contributed by atoms with Gasteiger partial charge in [0.15, 0.2) is 0 Å². The molecule has 0 spiro atoms. The van der Waals surface area contributed by atoms with Gasteiger partial charge in [-0.25, -0.2) is 0 Å². The lowest BCUT2D eigenvalue weighted by molar-refractivity contribution is 0.767. The second kappa shape index (κ2) is 4.38. The van der Waals surface area contributed by atoms with Crippen LogP contribution in [-0.4, -0.2) is 9.78 Å².